The van der Waals surface area contributed by atoms with Gasteiger partial charge in [0.1, 0.15) is 5.15 Å². The van der Waals surface area contributed by atoms with Gasteiger partial charge < -0.3 is 9.80 Å². The van der Waals surface area contributed by atoms with Gasteiger partial charge in [-0.1, -0.05) is 25.4 Å². The van der Waals surface area contributed by atoms with Crippen LogP contribution in [0, 0.1) is 5.92 Å². The van der Waals surface area contributed by atoms with Crippen LogP contribution in [-0.2, 0) is 0 Å². The number of rotatable bonds is 6. The highest BCUT2D eigenvalue weighted by Crippen LogP contribution is 2.10. The van der Waals surface area contributed by atoms with Crippen molar-refractivity contribution >= 4 is 17.5 Å². The number of carbonyl (C=O) groups is 1. The molecular weight excluding hydrogens is 262 g/mol. The molecule has 0 fully saturated rings. The topological polar surface area (TPSA) is 36.4 Å². The Labute approximate surface area is 120 Å². The van der Waals surface area contributed by atoms with Crippen molar-refractivity contribution in [3.05, 3.63) is 29.0 Å². The summed E-state index contributed by atoms with van der Waals surface area (Å²) in [4.78, 5) is 20.3. The molecule has 0 bridgehead atoms. The molecule has 5 heteroatoms. The van der Waals surface area contributed by atoms with Gasteiger partial charge >= 0.3 is 0 Å². The summed E-state index contributed by atoms with van der Waals surface area (Å²) < 4.78 is 0. The zero-order chi connectivity index (χ0) is 14.4. The summed E-state index contributed by atoms with van der Waals surface area (Å²) in [7, 11) is 4.00. The first-order valence-electron chi connectivity index (χ1n) is 6.45. The second-order valence-corrected chi connectivity index (χ2v) is 5.71. The molecule has 0 atom stereocenters. The molecule has 0 unspecified atom stereocenters. The first-order chi connectivity index (χ1) is 8.90. The maximum atomic E-state index is 12.4. The summed E-state index contributed by atoms with van der Waals surface area (Å²) in [5, 5.41) is 0.403. The molecule has 1 rings (SSSR count). The number of amides is 1. The fraction of sp³-hybridized carbons (Fsp3) is 0.571. The molecule has 0 saturated heterocycles. The highest BCUT2D eigenvalue weighted by molar-refractivity contribution is 6.29. The summed E-state index contributed by atoms with van der Waals surface area (Å²) in [5.41, 5.74) is 0.587. The second kappa shape index (κ2) is 7.46. The van der Waals surface area contributed by atoms with Crippen molar-refractivity contribution in [2.24, 2.45) is 5.92 Å². The molecule has 1 amide bonds. The van der Waals surface area contributed by atoms with Gasteiger partial charge in [-0.2, -0.15) is 0 Å². The maximum absolute atomic E-state index is 12.4. The number of halogens is 1. The minimum absolute atomic E-state index is 0.0136. The molecular formula is C14H22ClN3O. The lowest BCUT2D eigenvalue weighted by Gasteiger charge is -2.26. The average molecular weight is 284 g/mol. The summed E-state index contributed by atoms with van der Waals surface area (Å²) in [6, 6.07) is 3.37. The molecule has 4 nitrogen and oxygen atoms in total. The third kappa shape index (κ3) is 5.57. The molecule has 0 aromatic carbocycles. The van der Waals surface area contributed by atoms with E-state index in [-0.39, 0.29) is 5.91 Å². The van der Waals surface area contributed by atoms with Crippen molar-refractivity contribution in [3.63, 3.8) is 0 Å². The number of nitrogens with zero attached hydrogens (tertiary/aromatic N) is 3. The highest BCUT2D eigenvalue weighted by Gasteiger charge is 2.17. The van der Waals surface area contributed by atoms with Gasteiger partial charge in [0, 0.05) is 25.8 Å². The van der Waals surface area contributed by atoms with E-state index < -0.39 is 0 Å². The van der Waals surface area contributed by atoms with Crippen LogP contribution < -0.4 is 0 Å². The van der Waals surface area contributed by atoms with Gasteiger partial charge in [0.2, 0.25) is 0 Å². The Morgan fingerprint density at radius 2 is 2.00 bits per heavy atom. The number of likely N-dealkylation sites (N-methyl/N-ethyl adjacent to an activating group) is 1. The lowest BCUT2D eigenvalue weighted by molar-refractivity contribution is 0.0724. The largest absolute Gasteiger partial charge is 0.337 e. The van der Waals surface area contributed by atoms with Crippen LogP contribution in [0.4, 0.5) is 0 Å². The van der Waals surface area contributed by atoms with E-state index in [1.165, 1.54) is 6.20 Å². The van der Waals surface area contributed by atoms with E-state index in [9.17, 15) is 4.79 Å². The Morgan fingerprint density at radius 3 is 2.47 bits per heavy atom. The summed E-state index contributed by atoms with van der Waals surface area (Å²) >= 11 is 5.74. The van der Waals surface area contributed by atoms with E-state index >= 15 is 0 Å². The monoisotopic (exact) mass is 283 g/mol. The Hall–Kier alpha value is -1.13. The summed E-state index contributed by atoms with van der Waals surface area (Å²) in [5.74, 6) is 0.450. The van der Waals surface area contributed by atoms with Gasteiger partial charge in [-0.05, 0) is 32.1 Å². The van der Waals surface area contributed by atoms with E-state index in [0.717, 1.165) is 13.1 Å². The fourth-order valence-corrected chi connectivity index (χ4v) is 1.83. The highest BCUT2D eigenvalue weighted by atomic mass is 35.5. The number of hydrogen-bond donors (Lipinski definition) is 0. The average Bonchev–Trinajstić information content (AvgIpc) is 2.34. The molecule has 106 valence electrons. The van der Waals surface area contributed by atoms with Gasteiger partial charge in [-0.15, -0.1) is 0 Å². The Morgan fingerprint density at radius 1 is 1.32 bits per heavy atom. The summed E-state index contributed by atoms with van der Waals surface area (Å²) in [6.07, 6.45) is 1.54. The lowest BCUT2D eigenvalue weighted by Crippen LogP contribution is -2.39. The predicted molar refractivity (Wildman–Crippen MR) is 78.5 cm³/mol. The third-order valence-electron chi connectivity index (χ3n) is 2.66. The molecule has 0 radical (unpaired) electrons. The predicted octanol–water partition coefficient (Wildman–Crippen LogP) is 2.39. The number of carbonyl (C=O) groups excluding carboxylic acids is 1. The first-order valence-corrected chi connectivity index (χ1v) is 6.83. The smallest absolute Gasteiger partial charge is 0.255 e. The SMILES string of the molecule is CC(C)CN(CCN(C)C)C(=O)c1ccc(Cl)nc1. The van der Waals surface area contributed by atoms with Gasteiger partial charge in [0.15, 0.2) is 0 Å². The Kier molecular flexibility index (Phi) is 6.25. The van der Waals surface area contributed by atoms with Crippen molar-refractivity contribution in [2.45, 2.75) is 13.8 Å². The van der Waals surface area contributed by atoms with Crippen LogP contribution in [0.3, 0.4) is 0 Å². The molecule has 0 aliphatic rings. The molecule has 0 N–H and O–H groups in total. The van der Waals surface area contributed by atoms with Gasteiger partial charge in [0.05, 0.1) is 5.56 Å². The van der Waals surface area contributed by atoms with Crippen LogP contribution in [0.15, 0.2) is 18.3 Å². The van der Waals surface area contributed by atoms with Gasteiger partial charge in [0.25, 0.3) is 5.91 Å². The minimum atomic E-state index is 0.0136. The molecule has 0 aliphatic carbocycles. The van der Waals surface area contributed by atoms with Crippen LogP contribution in [0.2, 0.25) is 5.15 Å². The second-order valence-electron chi connectivity index (χ2n) is 5.32. The van der Waals surface area contributed by atoms with Crippen LogP contribution in [0.5, 0.6) is 0 Å². The van der Waals surface area contributed by atoms with Crippen molar-refractivity contribution in [3.8, 4) is 0 Å². The Balaban J connectivity index is 2.77. The molecule has 0 aliphatic heterocycles. The molecule has 0 spiro atoms. The minimum Gasteiger partial charge on any atom is -0.337 e. The molecule has 1 heterocycles. The molecule has 1 aromatic rings. The van der Waals surface area contributed by atoms with Gasteiger partial charge in [-0.25, -0.2) is 4.98 Å². The molecule has 0 saturated carbocycles. The molecule has 1 aromatic heterocycles. The van der Waals surface area contributed by atoms with E-state index in [1.54, 1.807) is 12.1 Å². The summed E-state index contributed by atoms with van der Waals surface area (Å²) in [6.45, 7) is 6.52. The van der Waals surface area contributed by atoms with E-state index in [2.05, 4.69) is 23.7 Å². The number of pyridine rings is 1. The first kappa shape index (κ1) is 15.9. The fourth-order valence-electron chi connectivity index (χ4n) is 1.72. The Bertz CT molecular complexity index is 404. The van der Waals surface area contributed by atoms with E-state index in [1.807, 2.05) is 19.0 Å². The van der Waals surface area contributed by atoms with Crippen molar-refractivity contribution < 1.29 is 4.79 Å². The number of hydrogen-bond acceptors (Lipinski definition) is 3. The zero-order valence-corrected chi connectivity index (χ0v) is 12.8. The van der Waals surface area contributed by atoms with E-state index in [4.69, 9.17) is 11.6 Å². The lowest BCUT2D eigenvalue weighted by atomic mass is 10.1. The normalized spacial score (nSPS) is 11.1. The van der Waals surface area contributed by atoms with Crippen molar-refractivity contribution in [1.29, 1.82) is 0 Å². The number of aromatic nitrogens is 1. The quantitative estimate of drug-likeness (QED) is 0.752. The van der Waals surface area contributed by atoms with Crippen molar-refractivity contribution in [2.75, 3.05) is 33.7 Å². The van der Waals surface area contributed by atoms with Crippen molar-refractivity contribution in [1.82, 2.24) is 14.8 Å². The van der Waals surface area contributed by atoms with Crippen LogP contribution in [-0.4, -0.2) is 54.4 Å². The zero-order valence-electron chi connectivity index (χ0n) is 12.1. The maximum Gasteiger partial charge on any atom is 0.255 e. The van der Waals surface area contributed by atoms with E-state index in [0.29, 0.717) is 23.2 Å². The van der Waals surface area contributed by atoms with Crippen LogP contribution >= 0.6 is 11.6 Å². The standard InChI is InChI=1S/C14H22ClN3O/c1-11(2)10-18(8-7-17(3)4)14(19)12-5-6-13(15)16-9-12/h5-6,9,11H,7-8,10H2,1-4H3. The van der Waals surface area contributed by atoms with Crippen LogP contribution in [0.1, 0.15) is 24.2 Å². The van der Waals surface area contributed by atoms with Gasteiger partial charge in [-0.3, -0.25) is 4.79 Å². The van der Waals surface area contributed by atoms with Crippen LogP contribution in [0.25, 0.3) is 0 Å². The molecule has 19 heavy (non-hydrogen) atoms. The third-order valence-corrected chi connectivity index (χ3v) is 2.89.